The molecule has 30 heavy (non-hydrogen) atoms. The maximum Gasteiger partial charge on any atom is 0.230 e. The van der Waals surface area contributed by atoms with Crippen molar-refractivity contribution < 1.29 is 14.3 Å². The Morgan fingerprint density at radius 1 is 1.27 bits per heavy atom. The van der Waals surface area contributed by atoms with Crippen molar-refractivity contribution in [3.05, 3.63) is 59.1 Å². The molecule has 1 fully saturated rings. The molecular formula is C23H23N3O3S. The van der Waals surface area contributed by atoms with Crippen LogP contribution in [-0.2, 0) is 16.0 Å². The van der Waals surface area contributed by atoms with Crippen molar-refractivity contribution in [2.24, 2.45) is 0 Å². The van der Waals surface area contributed by atoms with Crippen molar-refractivity contribution in [1.82, 2.24) is 4.98 Å². The first-order valence-corrected chi connectivity index (χ1v) is 10.7. The van der Waals surface area contributed by atoms with Gasteiger partial charge in [0.15, 0.2) is 0 Å². The molecular weight excluding hydrogens is 398 g/mol. The largest absolute Gasteiger partial charge is 0.494 e. The molecule has 0 spiro atoms. The smallest absolute Gasteiger partial charge is 0.230 e. The molecule has 6 nitrogen and oxygen atoms in total. The third-order valence-electron chi connectivity index (χ3n) is 4.99. The lowest BCUT2D eigenvalue weighted by atomic mass is 10.1. The van der Waals surface area contributed by atoms with E-state index in [1.165, 1.54) is 16.9 Å². The Balaban J connectivity index is 1.43. The van der Waals surface area contributed by atoms with Gasteiger partial charge in [-0.05, 0) is 31.5 Å². The van der Waals surface area contributed by atoms with Gasteiger partial charge in [0.25, 0.3) is 0 Å². The average Bonchev–Trinajstić information content (AvgIpc) is 3.37. The SMILES string of the molecule is COc1cc(NC(=O)Cc2csc(-c3cccc(C)c3)n2)ccc1N1CCCC1=O. The molecule has 1 N–H and O–H groups in total. The zero-order chi connectivity index (χ0) is 21.1. The number of nitrogens with one attached hydrogen (secondary N) is 1. The molecule has 0 bridgehead atoms. The summed E-state index contributed by atoms with van der Waals surface area (Å²) in [6.07, 6.45) is 1.59. The molecule has 1 saturated heterocycles. The van der Waals surface area contributed by atoms with E-state index in [9.17, 15) is 9.59 Å². The predicted molar refractivity (Wildman–Crippen MR) is 119 cm³/mol. The second-order valence-corrected chi connectivity index (χ2v) is 8.13. The second-order valence-electron chi connectivity index (χ2n) is 7.27. The van der Waals surface area contributed by atoms with E-state index in [4.69, 9.17) is 4.74 Å². The summed E-state index contributed by atoms with van der Waals surface area (Å²) >= 11 is 1.53. The summed E-state index contributed by atoms with van der Waals surface area (Å²) in [4.78, 5) is 30.9. The Bertz CT molecular complexity index is 1090. The molecule has 2 heterocycles. The van der Waals surface area contributed by atoms with Crippen LogP contribution in [0.25, 0.3) is 10.6 Å². The van der Waals surface area contributed by atoms with E-state index in [1.54, 1.807) is 24.1 Å². The quantitative estimate of drug-likeness (QED) is 0.639. The normalized spacial score (nSPS) is 13.5. The third kappa shape index (κ3) is 4.36. The first-order valence-electron chi connectivity index (χ1n) is 9.83. The van der Waals surface area contributed by atoms with Crippen molar-refractivity contribution in [2.75, 3.05) is 23.9 Å². The third-order valence-corrected chi connectivity index (χ3v) is 5.93. The highest BCUT2D eigenvalue weighted by Gasteiger charge is 2.24. The van der Waals surface area contributed by atoms with Crippen LogP contribution in [0, 0.1) is 6.92 Å². The van der Waals surface area contributed by atoms with Crippen molar-refractivity contribution in [1.29, 1.82) is 0 Å². The minimum Gasteiger partial charge on any atom is -0.494 e. The molecule has 154 valence electrons. The molecule has 3 aromatic rings. The minimum absolute atomic E-state index is 0.0954. The summed E-state index contributed by atoms with van der Waals surface area (Å²) in [7, 11) is 1.56. The highest BCUT2D eigenvalue weighted by atomic mass is 32.1. The van der Waals surface area contributed by atoms with Crippen LogP contribution in [0.2, 0.25) is 0 Å². The number of ether oxygens (including phenoxy) is 1. The highest BCUT2D eigenvalue weighted by molar-refractivity contribution is 7.13. The number of aromatic nitrogens is 1. The number of aryl methyl sites for hydroxylation is 1. The zero-order valence-electron chi connectivity index (χ0n) is 17.0. The maximum absolute atomic E-state index is 12.5. The van der Waals surface area contributed by atoms with Gasteiger partial charge in [0, 0.05) is 35.7 Å². The zero-order valence-corrected chi connectivity index (χ0v) is 17.8. The molecule has 2 aromatic carbocycles. The van der Waals surface area contributed by atoms with Crippen molar-refractivity contribution in [2.45, 2.75) is 26.2 Å². The lowest BCUT2D eigenvalue weighted by Gasteiger charge is -2.19. The van der Waals surface area contributed by atoms with Crippen LogP contribution >= 0.6 is 11.3 Å². The molecule has 7 heteroatoms. The Labute approximate surface area is 179 Å². The van der Waals surface area contributed by atoms with Gasteiger partial charge in [-0.1, -0.05) is 23.8 Å². The maximum atomic E-state index is 12.5. The highest BCUT2D eigenvalue weighted by Crippen LogP contribution is 2.34. The Morgan fingerprint density at radius 2 is 2.13 bits per heavy atom. The van der Waals surface area contributed by atoms with Crippen LogP contribution in [0.5, 0.6) is 5.75 Å². The van der Waals surface area contributed by atoms with Gasteiger partial charge in [-0.25, -0.2) is 4.98 Å². The molecule has 4 rings (SSSR count). The molecule has 0 saturated carbocycles. The van der Waals surface area contributed by atoms with E-state index < -0.39 is 0 Å². The van der Waals surface area contributed by atoms with Gasteiger partial charge in [0.2, 0.25) is 11.8 Å². The molecule has 1 aromatic heterocycles. The lowest BCUT2D eigenvalue weighted by molar-refractivity contribution is -0.117. The molecule has 0 aliphatic carbocycles. The first kappa shape index (κ1) is 20.1. The number of anilines is 2. The minimum atomic E-state index is -0.150. The molecule has 0 radical (unpaired) electrons. The number of hydrogen-bond acceptors (Lipinski definition) is 5. The number of thiazole rings is 1. The van der Waals surface area contributed by atoms with Crippen LogP contribution < -0.4 is 15.0 Å². The Morgan fingerprint density at radius 3 is 2.87 bits per heavy atom. The van der Waals surface area contributed by atoms with Gasteiger partial charge in [0.1, 0.15) is 10.8 Å². The van der Waals surface area contributed by atoms with Gasteiger partial charge in [-0.2, -0.15) is 0 Å². The summed E-state index contributed by atoms with van der Waals surface area (Å²) in [6, 6.07) is 13.5. The number of carbonyl (C=O) groups excluding carboxylic acids is 2. The van der Waals surface area contributed by atoms with Crippen LogP contribution in [-0.4, -0.2) is 30.5 Å². The van der Waals surface area contributed by atoms with Gasteiger partial charge >= 0.3 is 0 Å². The number of amides is 2. The Kier molecular flexibility index (Phi) is 5.81. The van der Waals surface area contributed by atoms with E-state index in [2.05, 4.69) is 16.4 Å². The number of hydrogen-bond donors (Lipinski definition) is 1. The summed E-state index contributed by atoms with van der Waals surface area (Å²) in [5.41, 5.74) is 4.33. The lowest BCUT2D eigenvalue weighted by Crippen LogP contribution is -2.24. The van der Waals surface area contributed by atoms with Crippen molar-refractivity contribution in [3.8, 4) is 16.3 Å². The van der Waals surface area contributed by atoms with Gasteiger partial charge in [-0.3, -0.25) is 9.59 Å². The summed E-state index contributed by atoms with van der Waals surface area (Å²) in [5.74, 6) is 0.514. The van der Waals surface area contributed by atoms with Crippen LogP contribution in [0.15, 0.2) is 47.8 Å². The molecule has 0 unspecified atom stereocenters. The fraction of sp³-hybridized carbons (Fsp3) is 0.261. The fourth-order valence-electron chi connectivity index (χ4n) is 3.55. The van der Waals surface area contributed by atoms with Crippen LogP contribution in [0.1, 0.15) is 24.1 Å². The second kappa shape index (κ2) is 8.67. The first-order chi connectivity index (χ1) is 14.5. The van der Waals surface area contributed by atoms with Gasteiger partial charge in [0.05, 0.1) is 24.9 Å². The summed E-state index contributed by atoms with van der Waals surface area (Å²) < 4.78 is 5.45. The Hall–Kier alpha value is -3.19. The van der Waals surface area contributed by atoms with E-state index in [1.807, 2.05) is 36.6 Å². The number of benzene rings is 2. The number of rotatable bonds is 6. The van der Waals surface area contributed by atoms with Crippen molar-refractivity contribution in [3.63, 3.8) is 0 Å². The molecule has 1 aliphatic heterocycles. The summed E-state index contributed by atoms with van der Waals surface area (Å²) in [6.45, 7) is 2.73. The average molecular weight is 422 g/mol. The standard InChI is InChI=1S/C23H23N3O3S/c1-15-5-3-6-16(11-15)23-25-18(14-30-23)13-21(27)24-17-8-9-19(20(12-17)29-2)26-10-4-7-22(26)28/h3,5-6,8-9,11-12,14H,4,7,10,13H2,1-2H3,(H,24,27). The van der Waals surface area contributed by atoms with E-state index in [0.29, 0.717) is 24.4 Å². The van der Waals surface area contributed by atoms with E-state index in [0.717, 1.165) is 28.4 Å². The fourth-order valence-corrected chi connectivity index (χ4v) is 4.37. The topological polar surface area (TPSA) is 71.5 Å². The molecule has 0 atom stereocenters. The van der Waals surface area contributed by atoms with E-state index in [-0.39, 0.29) is 18.2 Å². The van der Waals surface area contributed by atoms with Gasteiger partial charge < -0.3 is 15.0 Å². The number of methoxy groups -OCH3 is 1. The van der Waals surface area contributed by atoms with Gasteiger partial charge in [-0.15, -0.1) is 11.3 Å². The number of carbonyl (C=O) groups is 2. The van der Waals surface area contributed by atoms with E-state index >= 15 is 0 Å². The van der Waals surface area contributed by atoms with Crippen LogP contribution in [0.3, 0.4) is 0 Å². The molecule has 1 aliphatic rings. The monoisotopic (exact) mass is 421 g/mol. The molecule has 2 amide bonds. The van der Waals surface area contributed by atoms with Crippen LogP contribution in [0.4, 0.5) is 11.4 Å². The number of nitrogens with zero attached hydrogens (tertiary/aromatic N) is 2. The summed E-state index contributed by atoms with van der Waals surface area (Å²) in [5, 5.41) is 5.72. The van der Waals surface area contributed by atoms with Crippen molar-refractivity contribution >= 4 is 34.5 Å². The predicted octanol–water partition coefficient (Wildman–Crippen LogP) is 4.44.